The highest BCUT2D eigenvalue weighted by Gasteiger charge is 2.23. The summed E-state index contributed by atoms with van der Waals surface area (Å²) in [7, 11) is -3.77. The van der Waals surface area contributed by atoms with Crippen molar-refractivity contribution in [2.45, 2.75) is 52.4 Å². The number of aryl methyl sites for hydroxylation is 2. The molecule has 3 aromatic carbocycles. The lowest BCUT2D eigenvalue weighted by atomic mass is 9.95. The molecule has 0 aliphatic heterocycles. The zero-order valence-corrected chi connectivity index (χ0v) is 19.9. The van der Waals surface area contributed by atoms with Crippen molar-refractivity contribution in [3.8, 4) is 0 Å². The highest BCUT2D eigenvalue weighted by Crippen LogP contribution is 2.31. The molecule has 6 heteroatoms. The number of rotatable bonds is 7. The van der Waals surface area contributed by atoms with Crippen molar-refractivity contribution >= 4 is 21.7 Å². The number of sulfonamides is 1. The van der Waals surface area contributed by atoms with Crippen LogP contribution in [0, 0.1) is 34.6 Å². The lowest BCUT2D eigenvalue weighted by Gasteiger charge is -2.19. The Morgan fingerprint density at radius 3 is 2.03 bits per heavy atom. The summed E-state index contributed by atoms with van der Waals surface area (Å²) in [6.45, 7) is 9.61. The Labute approximate surface area is 190 Å². The van der Waals surface area contributed by atoms with Crippen LogP contribution in [-0.4, -0.2) is 19.5 Å². The molecule has 5 nitrogen and oxygen atoms in total. The minimum atomic E-state index is -3.77. The molecule has 0 aromatic heterocycles. The van der Waals surface area contributed by atoms with Crippen molar-refractivity contribution < 1.29 is 18.3 Å². The smallest absolute Gasteiger partial charge is 0.335 e. The van der Waals surface area contributed by atoms with Crippen LogP contribution in [-0.2, 0) is 22.9 Å². The van der Waals surface area contributed by atoms with Gasteiger partial charge in [0.05, 0.1) is 10.5 Å². The van der Waals surface area contributed by atoms with E-state index >= 15 is 0 Å². The zero-order valence-electron chi connectivity index (χ0n) is 19.1. The number of hydrogen-bond acceptors (Lipinski definition) is 3. The molecule has 0 aliphatic carbocycles. The van der Waals surface area contributed by atoms with Crippen LogP contribution in [0.1, 0.15) is 49.3 Å². The Morgan fingerprint density at radius 2 is 1.41 bits per heavy atom. The van der Waals surface area contributed by atoms with Crippen LogP contribution >= 0.6 is 0 Å². The summed E-state index contributed by atoms with van der Waals surface area (Å²) < 4.78 is 29.3. The van der Waals surface area contributed by atoms with Crippen LogP contribution in [0.5, 0.6) is 0 Å². The SMILES string of the molecule is Cc1c(C)c(C)c(S(=O)(=O)Nc2cccc(CCc3ccccc3C(=O)O)c2)c(C)c1C. The number of carboxylic acid groups (broad SMARTS) is 1. The molecular formula is C26H29NO4S. The van der Waals surface area contributed by atoms with Crippen molar-refractivity contribution in [2.75, 3.05) is 4.72 Å². The molecule has 0 saturated carbocycles. The van der Waals surface area contributed by atoms with E-state index in [0.717, 1.165) is 38.9 Å². The first-order valence-electron chi connectivity index (χ1n) is 10.5. The second kappa shape index (κ2) is 9.17. The fraction of sp³-hybridized carbons (Fsp3) is 0.269. The van der Waals surface area contributed by atoms with Crippen molar-refractivity contribution in [3.05, 3.63) is 93.0 Å². The van der Waals surface area contributed by atoms with Gasteiger partial charge >= 0.3 is 5.97 Å². The fourth-order valence-corrected chi connectivity index (χ4v) is 5.74. The molecule has 0 heterocycles. The van der Waals surface area contributed by atoms with Gasteiger partial charge in [-0.1, -0.05) is 30.3 Å². The van der Waals surface area contributed by atoms with Gasteiger partial charge in [-0.2, -0.15) is 0 Å². The van der Waals surface area contributed by atoms with Gasteiger partial charge in [0.2, 0.25) is 0 Å². The molecule has 0 fully saturated rings. The quantitative estimate of drug-likeness (QED) is 0.496. The zero-order chi connectivity index (χ0) is 23.6. The van der Waals surface area contributed by atoms with E-state index in [0.29, 0.717) is 29.0 Å². The van der Waals surface area contributed by atoms with Gasteiger partial charge in [0.1, 0.15) is 0 Å². The first kappa shape index (κ1) is 23.5. The summed E-state index contributed by atoms with van der Waals surface area (Å²) in [5, 5.41) is 9.37. The van der Waals surface area contributed by atoms with Gasteiger partial charge in [0, 0.05) is 5.69 Å². The number of anilines is 1. The van der Waals surface area contributed by atoms with Gasteiger partial charge < -0.3 is 5.11 Å². The number of carbonyl (C=O) groups is 1. The number of hydrogen-bond donors (Lipinski definition) is 2. The third kappa shape index (κ3) is 4.70. The lowest BCUT2D eigenvalue weighted by molar-refractivity contribution is 0.0695. The molecule has 0 spiro atoms. The Kier molecular flexibility index (Phi) is 6.74. The minimum absolute atomic E-state index is 0.292. The number of aromatic carboxylic acids is 1. The summed E-state index contributed by atoms with van der Waals surface area (Å²) in [6.07, 6.45) is 1.15. The summed E-state index contributed by atoms with van der Waals surface area (Å²) in [5.74, 6) is -0.948. The molecule has 0 unspecified atom stereocenters. The Hall–Kier alpha value is -3.12. The Morgan fingerprint density at radius 1 is 0.812 bits per heavy atom. The molecule has 2 N–H and O–H groups in total. The first-order valence-corrected chi connectivity index (χ1v) is 12.0. The molecular weight excluding hydrogens is 422 g/mol. The molecule has 0 radical (unpaired) electrons. The van der Waals surface area contributed by atoms with Gasteiger partial charge in [0.25, 0.3) is 10.0 Å². The maximum atomic E-state index is 13.3. The van der Waals surface area contributed by atoms with Crippen molar-refractivity contribution in [1.29, 1.82) is 0 Å². The average molecular weight is 452 g/mol. The molecule has 32 heavy (non-hydrogen) atoms. The second-order valence-electron chi connectivity index (χ2n) is 8.22. The van der Waals surface area contributed by atoms with E-state index in [2.05, 4.69) is 4.72 Å². The molecule has 0 bridgehead atoms. The van der Waals surface area contributed by atoms with Crippen molar-refractivity contribution in [2.24, 2.45) is 0 Å². The number of carboxylic acids is 1. The summed E-state index contributed by atoms with van der Waals surface area (Å²) in [4.78, 5) is 11.8. The molecule has 3 rings (SSSR count). The van der Waals surface area contributed by atoms with Gasteiger partial charge in [-0.25, -0.2) is 13.2 Å². The van der Waals surface area contributed by atoms with Crippen LogP contribution in [0.2, 0.25) is 0 Å². The maximum absolute atomic E-state index is 13.3. The van der Waals surface area contributed by atoms with E-state index in [-0.39, 0.29) is 0 Å². The van der Waals surface area contributed by atoms with Crippen LogP contribution in [0.3, 0.4) is 0 Å². The number of benzene rings is 3. The molecule has 0 amide bonds. The third-order valence-electron chi connectivity index (χ3n) is 6.31. The molecule has 0 aliphatic rings. The number of nitrogens with one attached hydrogen (secondary N) is 1. The van der Waals surface area contributed by atoms with Gasteiger partial charge in [-0.05, 0) is 105 Å². The maximum Gasteiger partial charge on any atom is 0.335 e. The Balaban J connectivity index is 1.86. The van der Waals surface area contributed by atoms with Crippen molar-refractivity contribution in [1.82, 2.24) is 0 Å². The third-order valence-corrected chi connectivity index (χ3v) is 7.96. The van der Waals surface area contributed by atoms with Crippen LogP contribution < -0.4 is 4.72 Å². The highest BCUT2D eigenvalue weighted by molar-refractivity contribution is 7.92. The van der Waals surface area contributed by atoms with Crippen LogP contribution in [0.4, 0.5) is 5.69 Å². The normalized spacial score (nSPS) is 11.4. The van der Waals surface area contributed by atoms with E-state index in [9.17, 15) is 18.3 Å². The summed E-state index contributed by atoms with van der Waals surface area (Å²) in [6, 6.07) is 14.2. The average Bonchev–Trinajstić information content (AvgIpc) is 2.75. The standard InChI is InChI=1S/C26H29NO4S/c1-16-17(2)19(4)25(20(5)18(16)3)32(30,31)27-23-11-8-9-21(15-23)13-14-22-10-6-7-12-24(22)26(28)29/h6-12,15,27H,13-14H2,1-5H3,(H,28,29). The summed E-state index contributed by atoms with van der Waals surface area (Å²) >= 11 is 0. The van der Waals surface area contributed by atoms with Crippen LogP contribution in [0.25, 0.3) is 0 Å². The first-order chi connectivity index (χ1) is 15.0. The van der Waals surface area contributed by atoms with E-state index in [1.807, 2.05) is 58.9 Å². The second-order valence-corrected chi connectivity index (χ2v) is 9.84. The molecule has 0 saturated heterocycles. The monoisotopic (exact) mass is 451 g/mol. The lowest BCUT2D eigenvalue weighted by Crippen LogP contribution is -2.17. The van der Waals surface area contributed by atoms with Crippen LogP contribution in [0.15, 0.2) is 53.4 Å². The highest BCUT2D eigenvalue weighted by atomic mass is 32.2. The topological polar surface area (TPSA) is 83.5 Å². The Bertz CT molecular complexity index is 1260. The summed E-state index contributed by atoms with van der Waals surface area (Å²) in [5.41, 5.74) is 7.07. The predicted molar refractivity (Wildman–Crippen MR) is 128 cm³/mol. The van der Waals surface area contributed by atoms with Gasteiger partial charge in [0.15, 0.2) is 0 Å². The molecule has 3 aromatic rings. The van der Waals surface area contributed by atoms with E-state index < -0.39 is 16.0 Å². The van der Waals surface area contributed by atoms with Gasteiger partial charge in [-0.3, -0.25) is 4.72 Å². The minimum Gasteiger partial charge on any atom is -0.478 e. The predicted octanol–water partition coefficient (Wildman–Crippen LogP) is 5.51. The van der Waals surface area contributed by atoms with Gasteiger partial charge in [-0.15, -0.1) is 0 Å². The van der Waals surface area contributed by atoms with Crippen molar-refractivity contribution in [3.63, 3.8) is 0 Å². The fourth-order valence-electron chi connectivity index (χ4n) is 4.09. The van der Waals surface area contributed by atoms with E-state index in [1.165, 1.54) is 0 Å². The van der Waals surface area contributed by atoms with E-state index in [1.54, 1.807) is 24.3 Å². The molecule has 168 valence electrons. The largest absolute Gasteiger partial charge is 0.478 e. The van der Waals surface area contributed by atoms with E-state index in [4.69, 9.17) is 0 Å². The molecule has 0 atom stereocenters.